The summed E-state index contributed by atoms with van der Waals surface area (Å²) in [5.74, 6) is -1.13. The first kappa shape index (κ1) is 12.5. The monoisotopic (exact) mass is 311 g/mol. The lowest BCUT2D eigenvalue weighted by Gasteiger charge is -2.09. The number of halogens is 2. The molecule has 1 aromatic heterocycles. The summed E-state index contributed by atoms with van der Waals surface area (Å²) in [5.41, 5.74) is -0.0128. The van der Waals surface area contributed by atoms with Gasteiger partial charge >= 0.3 is 5.97 Å². The van der Waals surface area contributed by atoms with Crippen LogP contribution in [-0.2, 0) is 0 Å². The SMILES string of the molecule is O=C(O)c1ccncc1Oc1ccc(F)cc1Br. The zero-order chi connectivity index (χ0) is 13.1. The Kier molecular flexibility index (Phi) is 3.57. The van der Waals surface area contributed by atoms with Gasteiger partial charge in [0.2, 0.25) is 0 Å². The fraction of sp³-hybridized carbons (Fsp3) is 0. The molecule has 0 spiro atoms. The molecule has 0 atom stereocenters. The first-order valence-corrected chi connectivity index (χ1v) is 5.67. The largest absolute Gasteiger partial charge is 0.478 e. The van der Waals surface area contributed by atoms with Gasteiger partial charge < -0.3 is 9.84 Å². The predicted octanol–water partition coefficient (Wildman–Crippen LogP) is 3.47. The zero-order valence-corrected chi connectivity index (χ0v) is 10.5. The van der Waals surface area contributed by atoms with E-state index in [1.165, 1.54) is 36.7 Å². The smallest absolute Gasteiger partial charge is 0.339 e. The maximum absolute atomic E-state index is 12.9. The molecule has 6 heteroatoms. The number of hydrogen-bond donors (Lipinski definition) is 1. The summed E-state index contributed by atoms with van der Waals surface area (Å²) < 4.78 is 18.7. The quantitative estimate of drug-likeness (QED) is 0.943. The Labute approximate surface area is 110 Å². The third-order valence-corrected chi connectivity index (χ3v) is 2.75. The molecular formula is C12H7BrFNO3. The summed E-state index contributed by atoms with van der Waals surface area (Å²) in [6.45, 7) is 0. The molecule has 1 aromatic carbocycles. The van der Waals surface area contributed by atoms with Crippen LogP contribution in [0.5, 0.6) is 11.5 Å². The van der Waals surface area contributed by atoms with Gasteiger partial charge in [0.25, 0.3) is 0 Å². The van der Waals surface area contributed by atoms with Crippen molar-refractivity contribution < 1.29 is 19.0 Å². The maximum Gasteiger partial charge on any atom is 0.339 e. The van der Waals surface area contributed by atoms with Crippen LogP contribution < -0.4 is 4.74 Å². The van der Waals surface area contributed by atoms with E-state index < -0.39 is 11.8 Å². The summed E-state index contributed by atoms with van der Waals surface area (Å²) in [6, 6.07) is 5.18. The summed E-state index contributed by atoms with van der Waals surface area (Å²) >= 11 is 3.13. The second-order valence-electron chi connectivity index (χ2n) is 3.35. The van der Waals surface area contributed by atoms with Crippen molar-refractivity contribution in [1.82, 2.24) is 4.98 Å². The maximum atomic E-state index is 12.9. The summed E-state index contributed by atoms with van der Waals surface area (Å²) in [5, 5.41) is 8.98. The van der Waals surface area contributed by atoms with E-state index in [-0.39, 0.29) is 11.3 Å². The number of hydrogen-bond acceptors (Lipinski definition) is 3. The minimum atomic E-state index is -1.12. The molecule has 1 N–H and O–H groups in total. The van der Waals surface area contributed by atoms with Crippen LogP contribution in [0.1, 0.15) is 10.4 Å². The fourth-order valence-corrected chi connectivity index (χ4v) is 1.75. The second kappa shape index (κ2) is 5.14. The standard InChI is InChI=1S/C12H7BrFNO3/c13-9-5-7(14)1-2-10(9)18-11-6-15-4-3-8(11)12(16)17/h1-6H,(H,16,17). The molecule has 0 amide bonds. The van der Waals surface area contributed by atoms with Gasteiger partial charge in [-0.25, -0.2) is 9.18 Å². The molecule has 0 bridgehead atoms. The van der Waals surface area contributed by atoms with Gasteiger partial charge in [-0.15, -0.1) is 0 Å². The van der Waals surface area contributed by atoms with E-state index in [0.29, 0.717) is 10.2 Å². The number of aromatic nitrogens is 1. The van der Waals surface area contributed by atoms with Crippen molar-refractivity contribution in [3.8, 4) is 11.5 Å². The number of rotatable bonds is 3. The zero-order valence-electron chi connectivity index (χ0n) is 8.93. The van der Waals surface area contributed by atoms with Crippen LogP contribution in [0.3, 0.4) is 0 Å². The number of carboxylic acid groups (broad SMARTS) is 1. The Morgan fingerprint density at radius 3 is 2.78 bits per heavy atom. The van der Waals surface area contributed by atoms with Crippen molar-refractivity contribution in [3.63, 3.8) is 0 Å². The van der Waals surface area contributed by atoms with Gasteiger partial charge in [-0.05, 0) is 40.2 Å². The summed E-state index contributed by atoms with van der Waals surface area (Å²) in [7, 11) is 0. The van der Waals surface area contributed by atoms with E-state index in [1.807, 2.05) is 0 Å². The van der Waals surface area contributed by atoms with E-state index in [1.54, 1.807) is 0 Å². The lowest BCUT2D eigenvalue weighted by Crippen LogP contribution is -2.00. The molecule has 2 rings (SSSR count). The molecule has 4 nitrogen and oxygen atoms in total. The van der Waals surface area contributed by atoms with Gasteiger partial charge in [0, 0.05) is 6.20 Å². The number of aromatic carboxylic acids is 1. The van der Waals surface area contributed by atoms with Crippen molar-refractivity contribution in [2.45, 2.75) is 0 Å². The number of pyridine rings is 1. The van der Waals surface area contributed by atoms with E-state index >= 15 is 0 Å². The Hall–Kier alpha value is -1.95. The number of nitrogens with zero attached hydrogens (tertiary/aromatic N) is 1. The number of benzene rings is 1. The van der Waals surface area contributed by atoms with Crippen LogP contribution in [0, 0.1) is 5.82 Å². The first-order chi connectivity index (χ1) is 8.58. The minimum Gasteiger partial charge on any atom is -0.478 e. The van der Waals surface area contributed by atoms with E-state index in [4.69, 9.17) is 9.84 Å². The number of ether oxygens (including phenoxy) is 1. The highest BCUT2D eigenvalue weighted by Crippen LogP contribution is 2.31. The molecule has 0 saturated carbocycles. The topological polar surface area (TPSA) is 59.4 Å². The van der Waals surface area contributed by atoms with Crippen LogP contribution in [0.2, 0.25) is 0 Å². The molecule has 0 aliphatic heterocycles. The molecule has 0 fully saturated rings. The van der Waals surface area contributed by atoms with Crippen molar-refractivity contribution in [2.75, 3.05) is 0 Å². The third-order valence-electron chi connectivity index (χ3n) is 2.13. The lowest BCUT2D eigenvalue weighted by molar-refractivity contribution is 0.0694. The molecular weight excluding hydrogens is 305 g/mol. The molecule has 0 aliphatic carbocycles. The Bertz CT molecular complexity index is 604. The highest BCUT2D eigenvalue weighted by molar-refractivity contribution is 9.10. The van der Waals surface area contributed by atoms with Gasteiger partial charge in [-0.2, -0.15) is 0 Å². The molecule has 0 unspecified atom stereocenters. The van der Waals surface area contributed by atoms with Gasteiger partial charge in [0.05, 0.1) is 10.7 Å². The van der Waals surface area contributed by atoms with Crippen LogP contribution in [-0.4, -0.2) is 16.1 Å². The van der Waals surface area contributed by atoms with Gasteiger partial charge in [-0.3, -0.25) is 4.98 Å². The molecule has 2 aromatic rings. The van der Waals surface area contributed by atoms with Crippen molar-refractivity contribution in [1.29, 1.82) is 0 Å². The molecule has 1 heterocycles. The normalized spacial score (nSPS) is 10.1. The Morgan fingerprint density at radius 1 is 1.33 bits per heavy atom. The highest BCUT2D eigenvalue weighted by Gasteiger charge is 2.13. The van der Waals surface area contributed by atoms with Gasteiger partial charge in [0.15, 0.2) is 5.75 Å². The van der Waals surface area contributed by atoms with Crippen LogP contribution in [0.4, 0.5) is 4.39 Å². The summed E-state index contributed by atoms with van der Waals surface area (Å²) in [6.07, 6.45) is 2.65. The molecule has 18 heavy (non-hydrogen) atoms. The van der Waals surface area contributed by atoms with Gasteiger partial charge in [0.1, 0.15) is 17.1 Å². The van der Waals surface area contributed by atoms with Crippen LogP contribution in [0.25, 0.3) is 0 Å². The summed E-state index contributed by atoms with van der Waals surface area (Å²) in [4.78, 5) is 14.8. The molecule has 0 aliphatic rings. The Morgan fingerprint density at radius 2 is 2.11 bits per heavy atom. The van der Waals surface area contributed by atoms with Crippen LogP contribution in [0.15, 0.2) is 41.1 Å². The molecule has 0 radical (unpaired) electrons. The minimum absolute atomic E-state index is 0.0128. The van der Waals surface area contributed by atoms with Crippen molar-refractivity contribution >= 4 is 21.9 Å². The van der Waals surface area contributed by atoms with Crippen molar-refractivity contribution in [2.24, 2.45) is 0 Å². The number of carboxylic acids is 1. The Balaban J connectivity index is 2.37. The van der Waals surface area contributed by atoms with E-state index in [9.17, 15) is 9.18 Å². The lowest BCUT2D eigenvalue weighted by atomic mass is 10.2. The predicted molar refractivity (Wildman–Crippen MR) is 65.4 cm³/mol. The van der Waals surface area contributed by atoms with E-state index in [0.717, 1.165) is 0 Å². The second-order valence-corrected chi connectivity index (χ2v) is 4.21. The third kappa shape index (κ3) is 2.65. The molecule has 0 saturated heterocycles. The molecule has 92 valence electrons. The fourth-order valence-electron chi connectivity index (χ4n) is 1.31. The van der Waals surface area contributed by atoms with Gasteiger partial charge in [-0.1, -0.05) is 0 Å². The van der Waals surface area contributed by atoms with Crippen LogP contribution >= 0.6 is 15.9 Å². The number of carbonyl (C=O) groups is 1. The average molecular weight is 312 g/mol. The average Bonchev–Trinajstić information content (AvgIpc) is 2.33. The van der Waals surface area contributed by atoms with Crippen molar-refractivity contribution in [3.05, 3.63) is 52.5 Å². The highest BCUT2D eigenvalue weighted by atomic mass is 79.9. The first-order valence-electron chi connectivity index (χ1n) is 4.88. The van der Waals surface area contributed by atoms with E-state index in [2.05, 4.69) is 20.9 Å².